The maximum absolute atomic E-state index is 8.80. The normalized spacial score (nSPS) is 10.5. The third kappa shape index (κ3) is 1.74. The summed E-state index contributed by atoms with van der Waals surface area (Å²) in [5.74, 6) is 0.573. The van der Waals surface area contributed by atoms with E-state index in [1.807, 2.05) is 13.8 Å². The van der Waals surface area contributed by atoms with Gasteiger partial charge in [0.2, 0.25) is 5.95 Å². The van der Waals surface area contributed by atoms with Crippen LogP contribution in [0.2, 0.25) is 0 Å². The van der Waals surface area contributed by atoms with Crippen molar-refractivity contribution in [3.63, 3.8) is 0 Å². The fraction of sp³-hybridized carbons (Fsp3) is 0.300. The molecule has 76 valence electrons. The van der Waals surface area contributed by atoms with Gasteiger partial charge in [0.05, 0.1) is 10.9 Å². The van der Waals surface area contributed by atoms with Crippen LogP contribution in [0.3, 0.4) is 0 Å². The van der Waals surface area contributed by atoms with Gasteiger partial charge in [-0.25, -0.2) is 4.98 Å². The lowest BCUT2D eigenvalue weighted by Crippen LogP contribution is -2.12. The van der Waals surface area contributed by atoms with Crippen molar-refractivity contribution in [2.24, 2.45) is 0 Å². The number of nitrogens with one attached hydrogen (secondary N) is 2. The highest BCUT2D eigenvalue weighted by atomic mass is 15.1. The van der Waals surface area contributed by atoms with E-state index in [9.17, 15) is 0 Å². The van der Waals surface area contributed by atoms with Crippen molar-refractivity contribution in [1.82, 2.24) is 15.0 Å². The minimum Gasteiger partial charge on any atom is -0.352 e. The highest BCUT2D eigenvalue weighted by Crippen LogP contribution is 2.15. The van der Waals surface area contributed by atoms with Crippen LogP contribution >= 0.6 is 0 Å². The van der Waals surface area contributed by atoms with Crippen LogP contribution in [0.1, 0.15) is 19.4 Å². The second-order valence-corrected chi connectivity index (χ2v) is 3.57. The Morgan fingerprint density at radius 3 is 3.00 bits per heavy atom. The largest absolute Gasteiger partial charge is 0.352 e. The minimum atomic E-state index is 0.285. The van der Waals surface area contributed by atoms with E-state index in [1.54, 1.807) is 12.4 Å². The summed E-state index contributed by atoms with van der Waals surface area (Å²) < 4.78 is 0. The topological polar surface area (TPSA) is 77.4 Å². The van der Waals surface area contributed by atoms with Gasteiger partial charge in [-0.15, -0.1) is 0 Å². The maximum atomic E-state index is 8.80. The number of nitrogens with zero attached hydrogens (tertiary/aromatic N) is 3. The van der Waals surface area contributed by atoms with Gasteiger partial charge >= 0.3 is 0 Å². The zero-order valence-corrected chi connectivity index (χ0v) is 8.57. The summed E-state index contributed by atoms with van der Waals surface area (Å²) >= 11 is 0. The molecule has 0 radical (unpaired) electrons. The van der Waals surface area contributed by atoms with Gasteiger partial charge in [0.1, 0.15) is 11.7 Å². The van der Waals surface area contributed by atoms with Crippen molar-refractivity contribution in [3.05, 3.63) is 18.0 Å². The predicted octanol–water partition coefficient (Wildman–Crippen LogP) is 1.65. The molecule has 0 amide bonds. The summed E-state index contributed by atoms with van der Waals surface area (Å²) in [7, 11) is 0. The molecule has 0 aliphatic rings. The van der Waals surface area contributed by atoms with Crippen molar-refractivity contribution < 1.29 is 0 Å². The summed E-state index contributed by atoms with van der Waals surface area (Å²) in [5.41, 5.74) is 1.26. The zero-order chi connectivity index (χ0) is 10.8. The number of rotatable bonds is 2. The quantitative estimate of drug-likeness (QED) is 0.774. The van der Waals surface area contributed by atoms with Gasteiger partial charge in [-0.2, -0.15) is 10.2 Å². The van der Waals surface area contributed by atoms with Crippen LogP contribution in [-0.4, -0.2) is 21.0 Å². The van der Waals surface area contributed by atoms with Crippen LogP contribution in [0.25, 0.3) is 11.0 Å². The fourth-order valence-electron chi connectivity index (χ4n) is 1.33. The summed E-state index contributed by atoms with van der Waals surface area (Å²) in [6.07, 6.45) is 3.29. The number of anilines is 1. The Hall–Kier alpha value is -2.09. The van der Waals surface area contributed by atoms with Gasteiger partial charge in [0.25, 0.3) is 0 Å². The molecule has 0 atom stereocenters. The smallest absolute Gasteiger partial charge is 0.224 e. The molecule has 0 unspecified atom stereocenters. The fourth-order valence-corrected chi connectivity index (χ4v) is 1.33. The number of fused-ring (bicyclic) bond motifs is 1. The zero-order valence-electron chi connectivity index (χ0n) is 8.57. The molecule has 0 spiro atoms. The van der Waals surface area contributed by atoms with Crippen LogP contribution < -0.4 is 5.32 Å². The number of nitriles is 1. The number of H-pyrrole nitrogens is 1. The van der Waals surface area contributed by atoms with E-state index < -0.39 is 0 Å². The number of hydrogen-bond donors (Lipinski definition) is 2. The first kappa shape index (κ1) is 9.46. The molecule has 0 fully saturated rings. The Kier molecular flexibility index (Phi) is 2.26. The predicted molar refractivity (Wildman–Crippen MR) is 57.4 cm³/mol. The van der Waals surface area contributed by atoms with Gasteiger partial charge in [-0.05, 0) is 13.8 Å². The van der Waals surface area contributed by atoms with E-state index in [4.69, 9.17) is 5.26 Å². The van der Waals surface area contributed by atoms with Crippen LogP contribution in [0.15, 0.2) is 12.4 Å². The van der Waals surface area contributed by atoms with E-state index in [2.05, 4.69) is 26.3 Å². The van der Waals surface area contributed by atoms with E-state index in [0.29, 0.717) is 17.2 Å². The van der Waals surface area contributed by atoms with E-state index >= 15 is 0 Å². The van der Waals surface area contributed by atoms with Crippen molar-refractivity contribution in [1.29, 1.82) is 5.26 Å². The molecule has 0 aliphatic heterocycles. The van der Waals surface area contributed by atoms with E-state index in [1.165, 1.54) is 0 Å². The monoisotopic (exact) mass is 201 g/mol. The van der Waals surface area contributed by atoms with Crippen molar-refractivity contribution in [2.75, 3.05) is 5.32 Å². The second-order valence-electron chi connectivity index (χ2n) is 3.57. The van der Waals surface area contributed by atoms with Crippen molar-refractivity contribution in [2.45, 2.75) is 19.9 Å². The standard InChI is InChI=1S/C10H11N5/c1-6(2)14-10-13-5-8-7(3-11)4-12-9(8)15-10/h4-6H,1-2H3,(H2,12,13,14,15). The summed E-state index contributed by atoms with van der Waals surface area (Å²) in [6, 6.07) is 2.36. The Bertz CT molecular complexity index is 520. The molecule has 2 aromatic rings. The average molecular weight is 201 g/mol. The molecule has 0 saturated heterocycles. The van der Waals surface area contributed by atoms with Gasteiger partial charge in [0.15, 0.2) is 0 Å². The molecular formula is C10H11N5. The minimum absolute atomic E-state index is 0.285. The molecule has 2 heterocycles. The highest BCUT2D eigenvalue weighted by Gasteiger charge is 2.06. The van der Waals surface area contributed by atoms with Gasteiger partial charge in [-0.1, -0.05) is 0 Å². The lowest BCUT2D eigenvalue weighted by molar-refractivity contribution is 0.877. The Balaban J connectivity index is 2.45. The molecule has 5 nitrogen and oxygen atoms in total. The molecule has 5 heteroatoms. The molecule has 0 saturated carbocycles. The maximum Gasteiger partial charge on any atom is 0.224 e. The lowest BCUT2D eigenvalue weighted by atomic mass is 10.3. The average Bonchev–Trinajstić information content (AvgIpc) is 2.58. The molecule has 15 heavy (non-hydrogen) atoms. The molecule has 2 rings (SSSR count). The summed E-state index contributed by atoms with van der Waals surface area (Å²) in [4.78, 5) is 11.3. The van der Waals surface area contributed by atoms with E-state index in [0.717, 1.165) is 5.39 Å². The molecular weight excluding hydrogens is 190 g/mol. The van der Waals surface area contributed by atoms with E-state index in [-0.39, 0.29) is 6.04 Å². The second kappa shape index (κ2) is 3.58. The lowest BCUT2D eigenvalue weighted by Gasteiger charge is -2.06. The third-order valence-corrected chi connectivity index (χ3v) is 1.97. The van der Waals surface area contributed by atoms with Gasteiger partial charge in [0, 0.05) is 18.4 Å². The number of aromatic nitrogens is 3. The van der Waals surface area contributed by atoms with Crippen molar-refractivity contribution in [3.8, 4) is 6.07 Å². The molecule has 0 aliphatic carbocycles. The van der Waals surface area contributed by atoms with Crippen LogP contribution in [0, 0.1) is 11.3 Å². The first-order chi connectivity index (χ1) is 7.20. The first-order valence-corrected chi connectivity index (χ1v) is 4.71. The SMILES string of the molecule is CC(C)Nc1ncc2c(C#N)c[nH]c2n1. The Labute approximate surface area is 87.2 Å². The Morgan fingerprint density at radius 2 is 2.33 bits per heavy atom. The van der Waals surface area contributed by atoms with Crippen LogP contribution in [0.5, 0.6) is 0 Å². The summed E-state index contributed by atoms with van der Waals surface area (Å²) in [6.45, 7) is 4.03. The third-order valence-electron chi connectivity index (χ3n) is 1.97. The first-order valence-electron chi connectivity index (χ1n) is 4.71. The Morgan fingerprint density at radius 1 is 1.53 bits per heavy atom. The molecule has 2 aromatic heterocycles. The molecule has 2 N–H and O–H groups in total. The highest BCUT2D eigenvalue weighted by molar-refractivity contribution is 5.82. The van der Waals surface area contributed by atoms with Gasteiger partial charge < -0.3 is 10.3 Å². The van der Waals surface area contributed by atoms with Gasteiger partial charge in [-0.3, -0.25) is 0 Å². The number of aromatic amines is 1. The van der Waals surface area contributed by atoms with Crippen molar-refractivity contribution >= 4 is 17.0 Å². The van der Waals surface area contributed by atoms with Crippen LogP contribution in [-0.2, 0) is 0 Å². The van der Waals surface area contributed by atoms with Crippen LogP contribution in [0.4, 0.5) is 5.95 Å². The molecule has 0 bridgehead atoms. The summed E-state index contributed by atoms with van der Waals surface area (Å²) in [5, 5.41) is 12.7. The number of hydrogen-bond acceptors (Lipinski definition) is 4. The molecule has 0 aromatic carbocycles.